The molecule has 0 amide bonds. The summed E-state index contributed by atoms with van der Waals surface area (Å²) in [5.41, 5.74) is 0. The first-order valence-electron chi connectivity index (χ1n) is 8.21. The van der Waals surface area contributed by atoms with Crippen LogP contribution in [0.1, 0.15) is 46.0 Å². The predicted molar refractivity (Wildman–Crippen MR) is 80.2 cm³/mol. The first-order valence-corrected chi connectivity index (χ1v) is 8.21. The highest BCUT2D eigenvalue weighted by atomic mass is 16.3. The van der Waals surface area contributed by atoms with E-state index in [1.54, 1.807) is 0 Å². The summed E-state index contributed by atoms with van der Waals surface area (Å²) in [5.74, 6) is 2.24. The average Bonchev–Trinajstić information content (AvgIpc) is 2.87. The maximum Gasteiger partial charge on any atom is 0.0552 e. The number of nitrogens with zero attached hydrogens (tertiary/aromatic N) is 1. The summed E-state index contributed by atoms with van der Waals surface area (Å²) in [6.45, 7) is 7.78. The molecule has 0 radical (unpaired) electrons. The van der Waals surface area contributed by atoms with Crippen LogP contribution < -0.4 is 5.32 Å². The van der Waals surface area contributed by atoms with Crippen molar-refractivity contribution in [2.75, 3.05) is 26.7 Å². The predicted octanol–water partition coefficient (Wildman–Crippen LogP) is 2.10. The zero-order valence-electron chi connectivity index (χ0n) is 12.9. The third kappa shape index (κ3) is 3.93. The van der Waals surface area contributed by atoms with Crippen LogP contribution >= 0.6 is 0 Å². The van der Waals surface area contributed by atoms with E-state index in [1.165, 1.54) is 45.2 Å². The first-order chi connectivity index (χ1) is 9.13. The molecule has 2 aliphatic rings. The van der Waals surface area contributed by atoms with E-state index in [-0.39, 0.29) is 6.10 Å². The molecule has 0 bridgehead atoms. The highest BCUT2D eigenvalue weighted by Crippen LogP contribution is 2.33. The molecule has 2 fully saturated rings. The van der Waals surface area contributed by atoms with Crippen LogP contribution in [0.2, 0.25) is 0 Å². The minimum atomic E-state index is -0.139. The van der Waals surface area contributed by atoms with E-state index in [0.717, 1.165) is 18.4 Å². The van der Waals surface area contributed by atoms with Gasteiger partial charge in [0.2, 0.25) is 0 Å². The summed E-state index contributed by atoms with van der Waals surface area (Å²) in [6.07, 6.45) is 6.49. The molecule has 2 N–H and O–H groups in total. The topological polar surface area (TPSA) is 35.5 Å². The van der Waals surface area contributed by atoms with Gasteiger partial charge in [0.25, 0.3) is 0 Å². The number of nitrogens with one attached hydrogen (secondary N) is 1. The van der Waals surface area contributed by atoms with Crippen molar-refractivity contribution >= 4 is 0 Å². The van der Waals surface area contributed by atoms with Gasteiger partial charge in [0.15, 0.2) is 0 Å². The Morgan fingerprint density at radius 2 is 2.11 bits per heavy atom. The van der Waals surface area contributed by atoms with E-state index < -0.39 is 0 Å². The molecule has 3 nitrogen and oxygen atoms in total. The van der Waals surface area contributed by atoms with E-state index >= 15 is 0 Å². The van der Waals surface area contributed by atoms with Crippen LogP contribution in [0.5, 0.6) is 0 Å². The Bertz CT molecular complexity index is 269. The Hall–Kier alpha value is -0.120. The third-order valence-corrected chi connectivity index (χ3v) is 5.52. The van der Waals surface area contributed by atoms with Crippen molar-refractivity contribution in [1.29, 1.82) is 0 Å². The standard InChI is InChI=1S/C16H32N2O/c1-4-13-5-6-16(17-3)15(9-13)11-18-8-7-14(10-18)12(2)19/h12-17,19H,4-11H2,1-3H3. The van der Waals surface area contributed by atoms with Gasteiger partial charge in [-0.15, -0.1) is 0 Å². The van der Waals surface area contributed by atoms with E-state index in [4.69, 9.17) is 0 Å². The van der Waals surface area contributed by atoms with Crippen molar-refractivity contribution in [2.45, 2.75) is 58.1 Å². The summed E-state index contributed by atoms with van der Waals surface area (Å²) >= 11 is 0. The Kier molecular flexibility index (Phi) is 5.67. The molecule has 1 heterocycles. The van der Waals surface area contributed by atoms with E-state index in [9.17, 15) is 5.11 Å². The normalized spacial score (nSPS) is 38.5. The maximum atomic E-state index is 9.72. The lowest BCUT2D eigenvalue weighted by atomic mass is 9.76. The highest BCUT2D eigenvalue weighted by Gasteiger charge is 2.33. The van der Waals surface area contributed by atoms with E-state index in [2.05, 4.69) is 24.2 Å². The quantitative estimate of drug-likeness (QED) is 0.801. The molecule has 1 aliphatic heterocycles. The third-order valence-electron chi connectivity index (χ3n) is 5.52. The molecule has 3 heteroatoms. The molecule has 5 atom stereocenters. The minimum absolute atomic E-state index is 0.139. The number of aliphatic hydroxyl groups is 1. The lowest BCUT2D eigenvalue weighted by Crippen LogP contribution is -2.44. The van der Waals surface area contributed by atoms with Gasteiger partial charge in [0.1, 0.15) is 0 Å². The van der Waals surface area contributed by atoms with Gasteiger partial charge >= 0.3 is 0 Å². The molecule has 0 spiro atoms. The van der Waals surface area contributed by atoms with Gasteiger partial charge in [-0.25, -0.2) is 0 Å². The number of aliphatic hydroxyl groups excluding tert-OH is 1. The Labute approximate surface area is 118 Å². The fraction of sp³-hybridized carbons (Fsp3) is 1.00. The van der Waals surface area contributed by atoms with Gasteiger partial charge in [0.05, 0.1) is 6.10 Å². The van der Waals surface area contributed by atoms with Crippen molar-refractivity contribution in [3.8, 4) is 0 Å². The average molecular weight is 268 g/mol. The molecular weight excluding hydrogens is 236 g/mol. The summed E-state index contributed by atoms with van der Waals surface area (Å²) in [7, 11) is 2.12. The minimum Gasteiger partial charge on any atom is -0.393 e. The lowest BCUT2D eigenvalue weighted by molar-refractivity contribution is 0.117. The number of likely N-dealkylation sites (tertiary alicyclic amines) is 1. The van der Waals surface area contributed by atoms with E-state index in [0.29, 0.717) is 12.0 Å². The molecule has 2 rings (SSSR count). The number of hydrogen-bond donors (Lipinski definition) is 2. The van der Waals surface area contributed by atoms with Gasteiger partial charge < -0.3 is 15.3 Å². The molecule has 19 heavy (non-hydrogen) atoms. The molecule has 1 aliphatic carbocycles. The zero-order valence-corrected chi connectivity index (χ0v) is 12.9. The van der Waals surface area contributed by atoms with Crippen LogP contribution in [0.4, 0.5) is 0 Å². The molecule has 1 saturated carbocycles. The van der Waals surface area contributed by atoms with Crippen molar-refractivity contribution in [3.05, 3.63) is 0 Å². The number of hydrogen-bond acceptors (Lipinski definition) is 3. The van der Waals surface area contributed by atoms with Crippen molar-refractivity contribution in [3.63, 3.8) is 0 Å². The summed E-state index contributed by atoms with van der Waals surface area (Å²) in [6, 6.07) is 0.702. The molecular formula is C16H32N2O. The Morgan fingerprint density at radius 3 is 2.68 bits per heavy atom. The van der Waals surface area contributed by atoms with Crippen LogP contribution in [-0.4, -0.2) is 48.8 Å². The van der Waals surface area contributed by atoms with Crippen molar-refractivity contribution in [1.82, 2.24) is 10.2 Å². The summed E-state index contributed by atoms with van der Waals surface area (Å²) < 4.78 is 0. The van der Waals surface area contributed by atoms with Crippen molar-refractivity contribution < 1.29 is 5.11 Å². The van der Waals surface area contributed by atoms with Gasteiger partial charge in [-0.05, 0) is 64.0 Å². The smallest absolute Gasteiger partial charge is 0.0552 e. The van der Waals surface area contributed by atoms with Crippen molar-refractivity contribution in [2.24, 2.45) is 17.8 Å². The van der Waals surface area contributed by atoms with Crippen LogP contribution in [0, 0.1) is 17.8 Å². The largest absolute Gasteiger partial charge is 0.393 e. The molecule has 112 valence electrons. The van der Waals surface area contributed by atoms with Crippen LogP contribution in [0.25, 0.3) is 0 Å². The molecule has 1 saturated heterocycles. The SMILES string of the molecule is CCC1CCC(NC)C(CN2CCC(C(C)O)C2)C1. The lowest BCUT2D eigenvalue weighted by Gasteiger charge is -2.38. The van der Waals surface area contributed by atoms with Gasteiger partial charge in [0, 0.05) is 19.1 Å². The molecule has 5 unspecified atom stereocenters. The molecule has 0 aromatic rings. The monoisotopic (exact) mass is 268 g/mol. The second kappa shape index (κ2) is 7.05. The second-order valence-corrected chi connectivity index (χ2v) is 6.79. The Morgan fingerprint density at radius 1 is 1.32 bits per heavy atom. The van der Waals surface area contributed by atoms with Crippen LogP contribution in [-0.2, 0) is 0 Å². The fourth-order valence-corrected chi connectivity index (χ4v) is 4.07. The zero-order chi connectivity index (χ0) is 13.8. The van der Waals surface area contributed by atoms with Gasteiger partial charge in [-0.3, -0.25) is 0 Å². The van der Waals surface area contributed by atoms with E-state index in [1.807, 2.05) is 6.92 Å². The van der Waals surface area contributed by atoms with Gasteiger partial charge in [-0.1, -0.05) is 13.3 Å². The number of rotatable bonds is 5. The molecule has 0 aromatic heterocycles. The highest BCUT2D eigenvalue weighted by molar-refractivity contribution is 4.88. The van der Waals surface area contributed by atoms with Crippen LogP contribution in [0.3, 0.4) is 0 Å². The summed E-state index contributed by atoms with van der Waals surface area (Å²) in [4.78, 5) is 2.59. The van der Waals surface area contributed by atoms with Crippen LogP contribution in [0.15, 0.2) is 0 Å². The fourth-order valence-electron chi connectivity index (χ4n) is 4.07. The molecule has 0 aromatic carbocycles. The maximum absolute atomic E-state index is 9.72. The van der Waals surface area contributed by atoms with Gasteiger partial charge in [-0.2, -0.15) is 0 Å². The summed E-state index contributed by atoms with van der Waals surface area (Å²) in [5, 5.41) is 13.2. The first kappa shape index (κ1) is 15.3. The second-order valence-electron chi connectivity index (χ2n) is 6.79. The Balaban J connectivity index is 1.85.